The predicted octanol–water partition coefficient (Wildman–Crippen LogP) is 2.25. The first-order valence-electron chi connectivity index (χ1n) is 5.35. The number of rotatable bonds is 4. The summed E-state index contributed by atoms with van der Waals surface area (Å²) in [6, 6.07) is 1.65. The smallest absolute Gasteiger partial charge is 0.328 e. The Labute approximate surface area is 108 Å². The van der Waals surface area contributed by atoms with Crippen LogP contribution in [0.1, 0.15) is 5.56 Å². The first-order valence-corrected chi connectivity index (χ1v) is 5.35. The lowest BCUT2D eigenvalue weighted by Crippen LogP contribution is -1.94. The number of aliphatic carboxylic acids is 1. The molecular weight excluding hydrogens is 252 g/mol. The predicted molar refractivity (Wildman–Crippen MR) is 67.7 cm³/mol. The van der Waals surface area contributed by atoms with Crippen LogP contribution in [0, 0.1) is 0 Å². The minimum Gasteiger partial charge on any atom is -0.504 e. The maximum atomic E-state index is 10.6. The van der Waals surface area contributed by atoms with Crippen molar-refractivity contribution in [2.75, 3.05) is 14.2 Å². The SMILES string of the molecule is COc1c(C=CC(=O)O)c(O)c(OC)c2occc12. The topological polar surface area (TPSA) is 89.1 Å². The zero-order chi connectivity index (χ0) is 14.0. The third-order valence-corrected chi connectivity index (χ3v) is 2.63. The fraction of sp³-hybridized carbons (Fsp3) is 0.154. The van der Waals surface area contributed by atoms with Gasteiger partial charge in [-0.2, -0.15) is 0 Å². The summed E-state index contributed by atoms with van der Waals surface area (Å²) in [5.41, 5.74) is 0.556. The number of hydrogen-bond acceptors (Lipinski definition) is 5. The summed E-state index contributed by atoms with van der Waals surface area (Å²) in [6.07, 6.45) is 3.58. The zero-order valence-electron chi connectivity index (χ0n) is 10.3. The number of fused-ring (bicyclic) bond motifs is 1. The Bertz CT molecular complexity index is 653. The van der Waals surface area contributed by atoms with Crippen LogP contribution in [0.15, 0.2) is 22.8 Å². The molecule has 6 nitrogen and oxygen atoms in total. The van der Waals surface area contributed by atoms with Crippen LogP contribution in [-0.4, -0.2) is 30.4 Å². The van der Waals surface area contributed by atoms with Crippen molar-refractivity contribution in [2.45, 2.75) is 0 Å². The van der Waals surface area contributed by atoms with Crippen LogP contribution < -0.4 is 9.47 Å². The van der Waals surface area contributed by atoms with Crippen molar-refractivity contribution < 1.29 is 28.9 Å². The van der Waals surface area contributed by atoms with Crippen molar-refractivity contribution in [3.63, 3.8) is 0 Å². The number of carboxylic acid groups (broad SMARTS) is 1. The second-order valence-electron chi connectivity index (χ2n) is 3.66. The third kappa shape index (κ3) is 2.08. The van der Waals surface area contributed by atoms with Gasteiger partial charge in [-0.05, 0) is 12.1 Å². The second-order valence-corrected chi connectivity index (χ2v) is 3.66. The van der Waals surface area contributed by atoms with Crippen LogP contribution in [0.5, 0.6) is 17.2 Å². The lowest BCUT2D eigenvalue weighted by atomic mass is 10.1. The van der Waals surface area contributed by atoms with Crippen molar-refractivity contribution >= 4 is 23.0 Å². The van der Waals surface area contributed by atoms with Crippen molar-refractivity contribution in [1.82, 2.24) is 0 Å². The highest BCUT2D eigenvalue weighted by molar-refractivity contribution is 5.98. The molecule has 0 aliphatic carbocycles. The molecular formula is C13H12O6. The molecule has 100 valence electrons. The highest BCUT2D eigenvalue weighted by Crippen LogP contribution is 2.46. The molecule has 2 rings (SSSR count). The Morgan fingerprint density at radius 3 is 2.58 bits per heavy atom. The molecule has 0 saturated heterocycles. The van der Waals surface area contributed by atoms with E-state index in [0.29, 0.717) is 16.7 Å². The van der Waals surface area contributed by atoms with Crippen LogP contribution in [0.25, 0.3) is 17.0 Å². The van der Waals surface area contributed by atoms with E-state index in [0.717, 1.165) is 6.08 Å². The van der Waals surface area contributed by atoms with Crippen LogP contribution in [0.2, 0.25) is 0 Å². The van der Waals surface area contributed by atoms with E-state index < -0.39 is 5.97 Å². The van der Waals surface area contributed by atoms with Gasteiger partial charge in [-0.15, -0.1) is 0 Å². The molecule has 0 saturated carbocycles. The molecule has 1 aromatic carbocycles. The Kier molecular flexibility index (Phi) is 3.33. The van der Waals surface area contributed by atoms with Crippen molar-refractivity contribution in [1.29, 1.82) is 0 Å². The number of phenolic OH excluding ortho intramolecular Hbond substituents is 1. The monoisotopic (exact) mass is 264 g/mol. The van der Waals surface area contributed by atoms with E-state index in [1.807, 2.05) is 0 Å². The van der Waals surface area contributed by atoms with Gasteiger partial charge in [0.15, 0.2) is 11.3 Å². The van der Waals surface area contributed by atoms with E-state index >= 15 is 0 Å². The van der Waals surface area contributed by atoms with E-state index in [1.165, 1.54) is 26.6 Å². The largest absolute Gasteiger partial charge is 0.504 e. The molecule has 0 amide bonds. The van der Waals surface area contributed by atoms with Gasteiger partial charge in [-0.1, -0.05) is 0 Å². The molecule has 0 radical (unpaired) electrons. The number of carboxylic acids is 1. The normalized spacial score (nSPS) is 11.1. The number of hydrogen-bond donors (Lipinski definition) is 2. The number of furan rings is 1. The number of carbonyl (C=O) groups is 1. The van der Waals surface area contributed by atoms with Gasteiger partial charge in [0.05, 0.1) is 31.4 Å². The molecule has 0 unspecified atom stereocenters. The minimum absolute atomic E-state index is 0.130. The van der Waals surface area contributed by atoms with Crippen molar-refractivity contribution in [2.24, 2.45) is 0 Å². The number of aromatic hydroxyl groups is 1. The molecule has 0 spiro atoms. The first kappa shape index (κ1) is 12.8. The Balaban J connectivity index is 2.79. The van der Waals surface area contributed by atoms with Crippen LogP contribution in [0.4, 0.5) is 0 Å². The van der Waals surface area contributed by atoms with Gasteiger partial charge in [0, 0.05) is 6.08 Å². The Morgan fingerprint density at radius 1 is 1.32 bits per heavy atom. The van der Waals surface area contributed by atoms with Crippen LogP contribution in [0.3, 0.4) is 0 Å². The van der Waals surface area contributed by atoms with E-state index in [9.17, 15) is 9.90 Å². The van der Waals surface area contributed by atoms with Gasteiger partial charge in [0.25, 0.3) is 0 Å². The molecule has 1 heterocycles. The summed E-state index contributed by atoms with van der Waals surface area (Å²) >= 11 is 0. The molecule has 0 aliphatic rings. The Morgan fingerprint density at radius 2 is 2.00 bits per heavy atom. The van der Waals surface area contributed by atoms with Crippen LogP contribution >= 0.6 is 0 Å². The first-order chi connectivity index (χ1) is 9.10. The average molecular weight is 264 g/mol. The second kappa shape index (κ2) is 4.93. The summed E-state index contributed by atoms with van der Waals surface area (Å²) in [4.78, 5) is 10.6. The summed E-state index contributed by atoms with van der Waals surface area (Å²) in [7, 11) is 2.81. The molecule has 2 N–H and O–H groups in total. The van der Waals surface area contributed by atoms with E-state index in [1.54, 1.807) is 6.07 Å². The lowest BCUT2D eigenvalue weighted by Gasteiger charge is -2.12. The molecule has 1 aromatic heterocycles. The number of phenols is 1. The van der Waals surface area contributed by atoms with Gasteiger partial charge in [0.1, 0.15) is 5.75 Å². The summed E-state index contributed by atoms with van der Waals surface area (Å²) < 4.78 is 15.5. The van der Waals surface area contributed by atoms with Crippen molar-refractivity contribution in [3.05, 3.63) is 24.0 Å². The minimum atomic E-state index is -1.13. The maximum absolute atomic E-state index is 10.6. The molecule has 0 bridgehead atoms. The van der Waals surface area contributed by atoms with Gasteiger partial charge in [-0.25, -0.2) is 4.79 Å². The molecule has 0 aliphatic heterocycles. The number of ether oxygens (including phenoxy) is 2. The third-order valence-electron chi connectivity index (χ3n) is 2.63. The van der Waals surface area contributed by atoms with Gasteiger partial charge in [0.2, 0.25) is 5.75 Å². The molecule has 0 atom stereocenters. The average Bonchev–Trinajstić information content (AvgIpc) is 2.84. The molecule has 19 heavy (non-hydrogen) atoms. The summed E-state index contributed by atoms with van der Waals surface area (Å²) in [6.45, 7) is 0. The highest BCUT2D eigenvalue weighted by atomic mass is 16.5. The van der Waals surface area contributed by atoms with Crippen molar-refractivity contribution in [3.8, 4) is 17.2 Å². The quantitative estimate of drug-likeness (QED) is 0.823. The molecule has 2 aromatic rings. The molecule has 0 fully saturated rings. The highest BCUT2D eigenvalue weighted by Gasteiger charge is 2.21. The maximum Gasteiger partial charge on any atom is 0.328 e. The van der Waals surface area contributed by atoms with Gasteiger partial charge >= 0.3 is 5.97 Å². The van der Waals surface area contributed by atoms with Gasteiger partial charge in [-0.3, -0.25) is 0 Å². The van der Waals surface area contributed by atoms with E-state index in [4.69, 9.17) is 19.0 Å². The summed E-state index contributed by atoms with van der Waals surface area (Å²) in [5.74, 6) is -0.919. The summed E-state index contributed by atoms with van der Waals surface area (Å²) in [5, 5.41) is 19.4. The standard InChI is InChI=1S/C13H12O6/c1-17-11-7(3-4-9(14)15)10(16)13(18-2)12-8(11)5-6-19-12/h3-6,16H,1-2H3,(H,14,15). The number of benzene rings is 1. The van der Waals surface area contributed by atoms with Gasteiger partial charge < -0.3 is 24.1 Å². The lowest BCUT2D eigenvalue weighted by molar-refractivity contribution is -0.131. The fourth-order valence-corrected chi connectivity index (χ4v) is 1.86. The van der Waals surface area contributed by atoms with Crippen LogP contribution in [-0.2, 0) is 4.79 Å². The van der Waals surface area contributed by atoms with E-state index in [-0.39, 0.29) is 17.1 Å². The Hall–Kier alpha value is -2.63. The van der Waals surface area contributed by atoms with E-state index in [2.05, 4.69) is 0 Å². The zero-order valence-corrected chi connectivity index (χ0v) is 10.3. The fourth-order valence-electron chi connectivity index (χ4n) is 1.86. The number of methoxy groups -OCH3 is 2. The molecule has 6 heteroatoms.